The van der Waals surface area contributed by atoms with E-state index >= 15 is 0 Å². The second-order valence-corrected chi connectivity index (χ2v) is 6.35. The molecule has 20 heavy (non-hydrogen) atoms. The van der Waals surface area contributed by atoms with Gasteiger partial charge in [0.25, 0.3) is 0 Å². The standard InChI is InChI=1S/C15H14BrNO2S/c1-17(2)15-11(9-18)13(16)14(20-15)12(19)8-10-6-4-3-5-7-10/h3-7,9H,8H2,1-2H3. The van der Waals surface area contributed by atoms with Gasteiger partial charge in [0.2, 0.25) is 0 Å². The third kappa shape index (κ3) is 2.99. The van der Waals surface area contributed by atoms with Gasteiger partial charge < -0.3 is 4.90 Å². The van der Waals surface area contributed by atoms with Crippen molar-refractivity contribution in [2.45, 2.75) is 6.42 Å². The summed E-state index contributed by atoms with van der Waals surface area (Å²) in [6.45, 7) is 0. The lowest BCUT2D eigenvalue weighted by atomic mass is 10.1. The van der Waals surface area contributed by atoms with E-state index in [1.165, 1.54) is 11.3 Å². The molecule has 0 N–H and O–H groups in total. The Morgan fingerprint density at radius 3 is 2.45 bits per heavy atom. The Morgan fingerprint density at radius 1 is 1.30 bits per heavy atom. The first kappa shape index (κ1) is 14.9. The molecule has 5 heteroatoms. The minimum absolute atomic E-state index is 0.0178. The molecule has 0 unspecified atom stereocenters. The third-order valence-corrected chi connectivity index (χ3v) is 5.35. The number of ketones is 1. The maximum atomic E-state index is 12.4. The van der Waals surface area contributed by atoms with Gasteiger partial charge in [-0.15, -0.1) is 11.3 Å². The molecule has 0 bridgehead atoms. The molecule has 0 saturated heterocycles. The van der Waals surface area contributed by atoms with Gasteiger partial charge in [0.1, 0.15) is 5.00 Å². The molecule has 0 amide bonds. The van der Waals surface area contributed by atoms with E-state index in [1.807, 2.05) is 49.3 Å². The summed E-state index contributed by atoms with van der Waals surface area (Å²) in [5.74, 6) is 0.0178. The Balaban J connectivity index is 2.33. The molecular weight excluding hydrogens is 338 g/mol. The average molecular weight is 352 g/mol. The quantitative estimate of drug-likeness (QED) is 0.607. The van der Waals surface area contributed by atoms with Crippen molar-refractivity contribution >= 4 is 44.3 Å². The highest BCUT2D eigenvalue weighted by atomic mass is 79.9. The molecule has 0 spiro atoms. The van der Waals surface area contributed by atoms with E-state index in [2.05, 4.69) is 15.9 Å². The second-order valence-electron chi connectivity index (χ2n) is 4.56. The van der Waals surface area contributed by atoms with E-state index in [0.717, 1.165) is 16.9 Å². The van der Waals surface area contributed by atoms with Crippen LogP contribution in [0.1, 0.15) is 25.6 Å². The molecule has 3 nitrogen and oxygen atoms in total. The Bertz CT molecular complexity index is 635. The van der Waals surface area contributed by atoms with Gasteiger partial charge in [-0.25, -0.2) is 0 Å². The zero-order valence-electron chi connectivity index (χ0n) is 11.2. The molecule has 0 fully saturated rings. The number of thiophene rings is 1. The number of carbonyl (C=O) groups is 2. The number of nitrogens with zero attached hydrogens (tertiary/aromatic N) is 1. The minimum Gasteiger partial charge on any atom is -0.369 e. The predicted molar refractivity (Wildman–Crippen MR) is 86.2 cm³/mol. The topological polar surface area (TPSA) is 37.4 Å². The highest BCUT2D eigenvalue weighted by Crippen LogP contribution is 2.38. The zero-order chi connectivity index (χ0) is 14.7. The van der Waals surface area contributed by atoms with Crippen molar-refractivity contribution in [1.29, 1.82) is 0 Å². The largest absolute Gasteiger partial charge is 0.369 e. The molecule has 2 rings (SSSR count). The average Bonchev–Trinajstić information content (AvgIpc) is 2.77. The van der Waals surface area contributed by atoms with Crippen LogP contribution in [0.5, 0.6) is 0 Å². The molecule has 1 heterocycles. The number of halogens is 1. The van der Waals surface area contributed by atoms with E-state index in [0.29, 0.717) is 21.3 Å². The summed E-state index contributed by atoms with van der Waals surface area (Å²) in [5, 5.41) is 0.795. The third-order valence-electron chi connectivity index (χ3n) is 2.85. The van der Waals surface area contributed by atoms with Crippen molar-refractivity contribution in [2.24, 2.45) is 0 Å². The van der Waals surface area contributed by atoms with Crippen molar-refractivity contribution in [2.75, 3.05) is 19.0 Å². The molecule has 0 aliphatic heterocycles. The number of hydrogen-bond donors (Lipinski definition) is 0. The van der Waals surface area contributed by atoms with E-state index in [4.69, 9.17) is 0 Å². The van der Waals surface area contributed by atoms with Gasteiger partial charge in [-0.2, -0.15) is 0 Å². The van der Waals surface area contributed by atoms with Crippen LogP contribution in [0.15, 0.2) is 34.8 Å². The van der Waals surface area contributed by atoms with Crippen LogP contribution in [0, 0.1) is 0 Å². The van der Waals surface area contributed by atoms with Crippen molar-refractivity contribution < 1.29 is 9.59 Å². The summed E-state index contributed by atoms with van der Waals surface area (Å²) in [7, 11) is 3.72. The summed E-state index contributed by atoms with van der Waals surface area (Å²) < 4.78 is 0.599. The maximum Gasteiger partial charge on any atom is 0.178 e. The number of Topliss-reactive ketones (excluding diaryl/α,β-unsaturated/α-hetero) is 1. The van der Waals surface area contributed by atoms with Crippen LogP contribution in [0.4, 0.5) is 5.00 Å². The number of rotatable bonds is 5. The number of benzene rings is 1. The lowest BCUT2D eigenvalue weighted by Gasteiger charge is -2.09. The van der Waals surface area contributed by atoms with Crippen molar-refractivity contribution in [1.82, 2.24) is 0 Å². The first-order chi connectivity index (χ1) is 9.54. The first-order valence-corrected chi connectivity index (χ1v) is 7.67. The smallest absolute Gasteiger partial charge is 0.178 e. The fourth-order valence-corrected chi connectivity index (χ4v) is 3.79. The van der Waals surface area contributed by atoms with E-state index in [9.17, 15) is 9.59 Å². The zero-order valence-corrected chi connectivity index (χ0v) is 13.6. The molecule has 0 aliphatic rings. The number of hydrogen-bond acceptors (Lipinski definition) is 4. The normalized spacial score (nSPS) is 10.3. The molecule has 1 aromatic carbocycles. The highest BCUT2D eigenvalue weighted by Gasteiger charge is 2.22. The van der Waals surface area contributed by atoms with Crippen LogP contribution in [0.3, 0.4) is 0 Å². The van der Waals surface area contributed by atoms with Crippen LogP contribution in [0.25, 0.3) is 0 Å². The molecule has 0 radical (unpaired) electrons. The SMILES string of the molecule is CN(C)c1sc(C(=O)Cc2ccccc2)c(Br)c1C=O. The fraction of sp³-hybridized carbons (Fsp3) is 0.200. The summed E-state index contributed by atoms with van der Waals surface area (Å²) in [6.07, 6.45) is 1.13. The van der Waals surface area contributed by atoms with Gasteiger partial charge in [-0.1, -0.05) is 30.3 Å². The molecule has 0 saturated carbocycles. The van der Waals surface area contributed by atoms with Gasteiger partial charge in [-0.3, -0.25) is 9.59 Å². The first-order valence-electron chi connectivity index (χ1n) is 6.06. The molecule has 104 valence electrons. The summed E-state index contributed by atoms with van der Waals surface area (Å²) >= 11 is 4.72. The number of anilines is 1. The minimum atomic E-state index is 0.0178. The van der Waals surface area contributed by atoms with E-state index in [1.54, 1.807) is 0 Å². The number of aldehydes is 1. The maximum absolute atomic E-state index is 12.4. The Morgan fingerprint density at radius 2 is 1.95 bits per heavy atom. The van der Waals surface area contributed by atoms with Crippen molar-refractivity contribution in [3.8, 4) is 0 Å². The Hall–Kier alpha value is -1.46. The predicted octanol–water partition coefficient (Wildman–Crippen LogP) is 3.81. The van der Waals surface area contributed by atoms with Gasteiger partial charge in [0.15, 0.2) is 12.1 Å². The lowest BCUT2D eigenvalue weighted by Crippen LogP contribution is -2.08. The van der Waals surface area contributed by atoms with Crippen molar-refractivity contribution in [3.05, 3.63) is 50.8 Å². The molecule has 0 atom stereocenters. The van der Waals surface area contributed by atoms with Gasteiger partial charge >= 0.3 is 0 Å². The van der Waals surface area contributed by atoms with Crippen LogP contribution in [0.2, 0.25) is 0 Å². The van der Waals surface area contributed by atoms with E-state index < -0.39 is 0 Å². The second kappa shape index (κ2) is 6.33. The van der Waals surface area contributed by atoms with Crippen molar-refractivity contribution in [3.63, 3.8) is 0 Å². The Kier molecular flexibility index (Phi) is 4.73. The molecule has 2 aromatic rings. The van der Waals surface area contributed by atoms with Gasteiger partial charge in [-0.05, 0) is 21.5 Å². The number of carbonyl (C=O) groups excluding carboxylic acids is 2. The van der Waals surface area contributed by atoms with Crippen LogP contribution in [-0.4, -0.2) is 26.2 Å². The van der Waals surface area contributed by atoms with Crippen LogP contribution < -0.4 is 4.90 Å². The summed E-state index contributed by atoms with van der Waals surface area (Å²) in [6, 6.07) is 9.59. The monoisotopic (exact) mass is 351 g/mol. The van der Waals surface area contributed by atoms with Crippen LogP contribution >= 0.6 is 27.3 Å². The summed E-state index contributed by atoms with van der Waals surface area (Å²) in [5.41, 5.74) is 1.51. The molecular formula is C15H14BrNO2S. The van der Waals surface area contributed by atoms with Gasteiger partial charge in [0.05, 0.1) is 14.9 Å². The fourth-order valence-electron chi connectivity index (χ4n) is 1.89. The lowest BCUT2D eigenvalue weighted by molar-refractivity contribution is 0.0996. The summed E-state index contributed by atoms with van der Waals surface area (Å²) in [4.78, 5) is 26.0. The highest BCUT2D eigenvalue weighted by molar-refractivity contribution is 9.10. The molecule has 1 aromatic heterocycles. The Labute approximate surface area is 130 Å². The van der Waals surface area contributed by atoms with E-state index in [-0.39, 0.29) is 5.78 Å². The van der Waals surface area contributed by atoms with Gasteiger partial charge in [0, 0.05) is 20.5 Å². The molecule has 0 aliphatic carbocycles. The van der Waals surface area contributed by atoms with Crippen LogP contribution in [-0.2, 0) is 6.42 Å².